The molecule has 0 unspecified atom stereocenters. The van der Waals surface area contributed by atoms with Crippen LogP contribution >= 0.6 is 0 Å². The van der Waals surface area contributed by atoms with Crippen LogP contribution in [0.1, 0.15) is 27.8 Å². The summed E-state index contributed by atoms with van der Waals surface area (Å²) in [5, 5.41) is 4.96. The molecule has 0 aliphatic carbocycles. The van der Waals surface area contributed by atoms with Gasteiger partial charge in [0, 0.05) is 0 Å². The van der Waals surface area contributed by atoms with Crippen molar-refractivity contribution < 1.29 is 0 Å². The Bertz CT molecular complexity index is 2710. The van der Waals surface area contributed by atoms with Crippen LogP contribution in [0.2, 0.25) is 0 Å². The number of rotatable bonds is 8. The molecule has 0 heteroatoms. The van der Waals surface area contributed by atoms with E-state index in [0.29, 0.717) is 0 Å². The smallest absolute Gasteiger partial charge is 0.0105 e. The third-order valence-corrected chi connectivity index (χ3v) is 10.2. The van der Waals surface area contributed by atoms with Crippen molar-refractivity contribution in [2.45, 2.75) is 0 Å². The summed E-state index contributed by atoms with van der Waals surface area (Å²) < 4.78 is 0. The maximum absolute atomic E-state index is 2.29. The zero-order valence-corrected chi connectivity index (χ0v) is 29.9. The second kappa shape index (κ2) is 14.9. The number of benzene rings is 9. The molecule has 0 aromatic heterocycles. The molecule has 9 rings (SSSR count). The summed E-state index contributed by atoms with van der Waals surface area (Å²) in [6.45, 7) is 0. The maximum atomic E-state index is 2.29. The molecular formula is C54H38. The first-order valence-corrected chi connectivity index (χ1v) is 18.6. The van der Waals surface area contributed by atoms with Crippen molar-refractivity contribution in [3.8, 4) is 33.4 Å². The Balaban J connectivity index is 0.899. The highest BCUT2D eigenvalue weighted by molar-refractivity contribution is 5.93. The van der Waals surface area contributed by atoms with Crippen molar-refractivity contribution in [3.63, 3.8) is 0 Å². The van der Waals surface area contributed by atoms with Crippen molar-refractivity contribution in [3.05, 3.63) is 240 Å². The Labute approximate surface area is 317 Å². The Kier molecular flexibility index (Phi) is 9.07. The molecule has 0 fully saturated rings. The van der Waals surface area contributed by atoms with Gasteiger partial charge in [0.2, 0.25) is 0 Å². The van der Waals surface area contributed by atoms with E-state index in [1.165, 1.54) is 88.3 Å². The SMILES string of the molecule is C(=C(c1ccccc1)c1ccccc1)c1ccc(-c2ccc3cc(/C=C/c4ccc5cc(-c6ccc(-c7ccccc7)cc6)ccc5c4)ccc3c2)cc1. The molecule has 0 nitrogen and oxygen atoms in total. The summed E-state index contributed by atoms with van der Waals surface area (Å²) in [5.74, 6) is 0. The lowest BCUT2D eigenvalue weighted by molar-refractivity contribution is 1.55. The van der Waals surface area contributed by atoms with E-state index in [1.807, 2.05) is 0 Å². The van der Waals surface area contributed by atoms with Gasteiger partial charge in [-0.05, 0) is 119 Å². The zero-order valence-electron chi connectivity index (χ0n) is 29.9. The van der Waals surface area contributed by atoms with Crippen molar-refractivity contribution >= 4 is 45.3 Å². The molecule has 0 radical (unpaired) electrons. The molecule has 0 N–H and O–H groups in total. The molecule has 0 spiro atoms. The number of hydrogen-bond donors (Lipinski definition) is 0. The van der Waals surface area contributed by atoms with Crippen molar-refractivity contribution in [1.82, 2.24) is 0 Å². The minimum atomic E-state index is 1.18. The van der Waals surface area contributed by atoms with Crippen LogP contribution in [0.15, 0.2) is 212 Å². The molecule has 0 heterocycles. The van der Waals surface area contributed by atoms with Crippen LogP contribution in [0.4, 0.5) is 0 Å². The minimum absolute atomic E-state index is 1.18. The second-order valence-electron chi connectivity index (χ2n) is 13.8. The normalized spacial score (nSPS) is 11.3. The lowest BCUT2D eigenvalue weighted by atomic mass is 9.95. The lowest BCUT2D eigenvalue weighted by Gasteiger charge is -2.10. The molecule has 254 valence electrons. The van der Waals surface area contributed by atoms with Gasteiger partial charge in [-0.2, -0.15) is 0 Å². The fourth-order valence-corrected chi connectivity index (χ4v) is 7.28. The molecule has 0 atom stereocenters. The largest absolute Gasteiger partial charge is 0.0622 e. The zero-order chi connectivity index (χ0) is 36.1. The number of fused-ring (bicyclic) bond motifs is 2. The first kappa shape index (κ1) is 32.9. The molecular weight excluding hydrogens is 649 g/mol. The third-order valence-electron chi connectivity index (χ3n) is 10.2. The van der Waals surface area contributed by atoms with Gasteiger partial charge in [-0.3, -0.25) is 0 Å². The van der Waals surface area contributed by atoms with Crippen LogP contribution in [0.25, 0.3) is 78.7 Å². The summed E-state index contributed by atoms with van der Waals surface area (Å²) >= 11 is 0. The van der Waals surface area contributed by atoms with Crippen molar-refractivity contribution in [2.24, 2.45) is 0 Å². The fraction of sp³-hybridized carbons (Fsp3) is 0. The maximum Gasteiger partial charge on any atom is -0.0105 e. The Morgan fingerprint density at radius 3 is 1.07 bits per heavy atom. The highest BCUT2D eigenvalue weighted by atomic mass is 14.1. The van der Waals surface area contributed by atoms with Crippen LogP contribution < -0.4 is 0 Å². The van der Waals surface area contributed by atoms with E-state index in [2.05, 4.69) is 231 Å². The molecule has 0 saturated heterocycles. The van der Waals surface area contributed by atoms with E-state index in [1.54, 1.807) is 0 Å². The van der Waals surface area contributed by atoms with Crippen molar-refractivity contribution in [1.29, 1.82) is 0 Å². The molecule has 0 saturated carbocycles. The minimum Gasteiger partial charge on any atom is -0.0622 e. The van der Waals surface area contributed by atoms with Gasteiger partial charge in [0.25, 0.3) is 0 Å². The Morgan fingerprint density at radius 2 is 0.593 bits per heavy atom. The predicted molar refractivity (Wildman–Crippen MR) is 233 cm³/mol. The molecule has 9 aromatic rings. The van der Waals surface area contributed by atoms with Crippen LogP contribution in [0.5, 0.6) is 0 Å². The Morgan fingerprint density at radius 1 is 0.259 bits per heavy atom. The van der Waals surface area contributed by atoms with Gasteiger partial charge in [-0.1, -0.05) is 200 Å². The van der Waals surface area contributed by atoms with Crippen molar-refractivity contribution in [2.75, 3.05) is 0 Å². The molecule has 54 heavy (non-hydrogen) atoms. The quantitative estimate of drug-likeness (QED) is 0.140. The molecule has 0 aliphatic rings. The standard InChI is InChI=1S/C54H38/c1-4-10-42(11-5-1)43-26-28-45(29-27-43)51-33-31-49-35-40(21-25-53(49)38-51)17-16-39-20-24-52-37-50(32-30-48(52)34-39)44-22-18-41(19-23-44)36-54(46-12-6-2-7-13-46)47-14-8-3-9-15-47/h1-38H/b17-16+. The summed E-state index contributed by atoms with van der Waals surface area (Å²) in [4.78, 5) is 0. The van der Waals surface area contributed by atoms with Gasteiger partial charge in [0.1, 0.15) is 0 Å². The summed E-state index contributed by atoms with van der Waals surface area (Å²) in [6, 6.07) is 76.4. The van der Waals surface area contributed by atoms with E-state index in [0.717, 1.165) is 0 Å². The average molecular weight is 687 g/mol. The van der Waals surface area contributed by atoms with E-state index >= 15 is 0 Å². The first-order chi connectivity index (χ1) is 26.7. The molecule has 0 amide bonds. The predicted octanol–water partition coefficient (Wildman–Crippen LogP) is 14.8. The van der Waals surface area contributed by atoms with Gasteiger partial charge in [-0.15, -0.1) is 0 Å². The van der Waals surface area contributed by atoms with E-state index < -0.39 is 0 Å². The summed E-state index contributed by atoms with van der Waals surface area (Å²) in [7, 11) is 0. The highest BCUT2D eigenvalue weighted by Gasteiger charge is 2.07. The van der Waals surface area contributed by atoms with Gasteiger partial charge < -0.3 is 0 Å². The van der Waals surface area contributed by atoms with E-state index in [4.69, 9.17) is 0 Å². The van der Waals surface area contributed by atoms with Gasteiger partial charge >= 0.3 is 0 Å². The summed E-state index contributed by atoms with van der Waals surface area (Å²) in [5.41, 5.74) is 14.6. The topological polar surface area (TPSA) is 0 Å². The van der Waals surface area contributed by atoms with Crippen LogP contribution in [0, 0.1) is 0 Å². The first-order valence-electron chi connectivity index (χ1n) is 18.6. The highest BCUT2D eigenvalue weighted by Crippen LogP contribution is 2.31. The van der Waals surface area contributed by atoms with Gasteiger partial charge in [-0.25, -0.2) is 0 Å². The van der Waals surface area contributed by atoms with Gasteiger partial charge in [0.15, 0.2) is 0 Å². The second-order valence-corrected chi connectivity index (χ2v) is 13.8. The van der Waals surface area contributed by atoms with Crippen LogP contribution in [0.3, 0.4) is 0 Å². The molecule has 9 aromatic carbocycles. The summed E-state index contributed by atoms with van der Waals surface area (Å²) in [6.07, 6.45) is 6.70. The molecule has 0 aliphatic heterocycles. The Hall–Kier alpha value is -7.02. The fourth-order valence-electron chi connectivity index (χ4n) is 7.28. The monoisotopic (exact) mass is 686 g/mol. The number of hydrogen-bond acceptors (Lipinski definition) is 0. The van der Waals surface area contributed by atoms with Crippen LogP contribution in [-0.4, -0.2) is 0 Å². The molecule has 0 bridgehead atoms. The van der Waals surface area contributed by atoms with E-state index in [9.17, 15) is 0 Å². The average Bonchev–Trinajstić information content (AvgIpc) is 3.25. The third kappa shape index (κ3) is 7.19. The van der Waals surface area contributed by atoms with E-state index in [-0.39, 0.29) is 0 Å². The lowest BCUT2D eigenvalue weighted by Crippen LogP contribution is -1.88. The van der Waals surface area contributed by atoms with Crippen LogP contribution in [-0.2, 0) is 0 Å². The van der Waals surface area contributed by atoms with Gasteiger partial charge in [0.05, 0.1) is 0 Å².